The predicted molar refractivity (Wildman–Crippen MR) is 68.8 cm³/mol. The van der Waals surface area contributed by atoms with Gasteiger partial charge in [0.05, 0.1) is 19.8 Å². The van der Waals surface area contributed by atoms with Gasteiger partial charge in [0.15, 0.2) is 0 Å². The maximum absolute atomic E-state index is 5.57. The normalized spacial score (nSPS) is 10.3. The van der Waals surface area contributed by atoms with E-state index in [4.69, 9.17) is 19.9 Å². The van der Waals surface area contributed by atoms with Gasteiger partial charge >= 0.3 is 0 Å². The summed E-state index contributed by atoms with van der Waals surface area (Å²) >= 11 is 0. The van der Waals surface area contributed by atoms with Crippen LogP contribution in [0.25, 0.3) is 0 Å². The summed E-state index contributed by atoms with van der Waals surface area (Å²) in [5, 5.41) is 3.05. The first-order valence-electron chi connectivity index (χ1n) is 5.84. The van der Waals surface area contributed by atoms with Crippen molar-refractivity contribution in [2.24, 2.45) is 0 Å². The van der Waals surface area contributed by atoms with E-state index >= 15 is 0 Å². The number of rotatable bonds is 9. The van der Waals surface area contributed by atoms with Crippen molar-refractivity contribution in [3.05, 3.63) is 6.07 Å². The molecular weight excluding hydrogens is 236 g/mol. The quantitative estimate of drug-likeness (QED) is 0.623. The number of aromatic nitrogens is 2. The summed E-state index contributed by atoms with van der Waals surface area (Å²) in [4.78, 5) is 7.99. The molecule has 0 atom stereocenters. The highest BCUT2D eigenvalue weighted by Crippen LogP contribution is 2.14. The van der Waals surface area contributed by atoms with Crippen molar-refractivity contribution in [2.45, 2.75) is 6.92 Å². The lowest BCUT2D eigenvalue weighted by atomic mass is 10.5. The summed E-state index contributed by atoms with van der Waals surface area (Å²) in [7, 11) is 1.63. The molecule has 1 aromatic heterocycles. The molecule has 0 aliphatic rings. The van der Waals surface area contributed by atoms with Crippen molar-refractivity contribution in [3.63, 3.8) is 0 Å². The molecule has 1 heterocycles. The molecule has 7 heteroatoms. The van der Waals surface area contributed by atoms with Gasteiger partial charge in [-0.05, 0) is 6.92 Å². The first kappa shape index (κ1) is 14.5. The molecule has 0 bridgehead atoms. The molecule has 0 saturated heterocycles. The Labute approximate surface area is 107 Å². The average molecular weight is 256 g/mol. The number of nitrogens with zero attached hydrogens (tertiary/aromatic N) is 2. The van der Waals surface area contributed by atoms with Crippen molar-refractivity contribution in [1.82, 2.24) is 9.97 Å². The number of methoxy groups -OCH3 is 1. The van der Waals surface area contributed by atoms with Crippen LogP contribution in [0.2, 0.25) is 0 Å². The SMILES string of the molecule is CCNc1cc(OCCOCCOC)nc(N)n1. The zero-order valence-corrected chi connectivity index (χ0v) is 10.8. The molecule has 0 fully saturated rings. The van der Waals surface area contributed by atoms with Crippen LogP contribution in [0.3, 0.4) is 0 Å². The van der Waals surface area contributed by atoms with Crippen LogP contribution in [-0.4, -0.2) is 50.1 Å². The standard InChI is InChI=1S/C11H20N4O3/c1-3-13-9-8-10(15-11(12)14-9)18-7-6-17-5-4-16-2/h8H,3-7H2,1-2H3,(H3,12,13,14,15). The van der Waals surface area contributed by atoms with E-state index in [1.807, 2.05) is 6.92 Å². The van der Waals surface area contributed by atoms with Gasteiger partial charge in [0.25, 0.3) is 0 Å². The lowest BCUT2D eigenvalue weighted by Crippen LogP contribution is -2.11. The molecule has 0 saturated carbocycles. The summed E-state index contributed by atoms with van der Waals surface area (Å²) in [5.41, 5.74) is 5.57. The Morgan fingerprint density at radius 3 is 2.72 bits per heavy atom. The van der Waals surface area contributed by atoms with E-state index in [0.29, 0.717) is 38.1 Å². The van der Waals surface area contributed by atoms with Crippen molar-refractivity contribution in [1.29, 1.82) is 0 Å². The number of ether oxygens (including phenoxy) is 3. The third-order valence-corrected chi connectivity index (χ3v) is 1.99. The van der Waals surface area contributed by atoms with Gasteiger partial charge in [-0.2, -0.15) is 9.97 Å². The average Bonchev–Trinajstić information content (AvgIpc) is 2.33. The van der Waals surface area contributed by atoms with Crippen molar-refractivity contribution in [3.8, 4) is 5.88 Å². The summed E-state index contributed by atoms with van der Waals surface area (Å²) in [6.45, 7) is 4.74. The van der Waals surface area contributed by atoms with Gasteiger partial charge in [-0.1, -0.05) is 0 Å². The van der Waals surface area contributed by atoms with Crippen LogP contribution in [0.4, 0.5) is 11.8 Å². The number of nitrogens with one attached hydrogen (secondary N) is 1. The maximum Gasteiger partial charge on any atom is 0.225 e. The molecular formula is C11H20N4O3. The molecule has 0 aliphatic heterocycles. The minimum atomic E-state index is 0.184. The summed E-state index contributed by atoms with van der Waals surface area (Å²) in [5.74, 6) is 1.28. The second-order valence-electron chi connectivity index (χ2n) is 3.43. The van der Waals surface area contributed by atoms with Gasteiger partial charge in [-0.3, -0.25) is 0 Å². The Morgan fingerprint density at radius 1 is 1.22 bits per heavy atom. The zero-order chi connectivity index (χ0) is 13.2. The molecule has 102 valence electrons. The van der Waals surface area contributed by atoms with Crippen LogP contribution < -0.4 is 15.8 Å². The summed E-state index contributed by atoms with van der Waals surface area (Å²) in [6, 6.07) is 1.70. The second-order valence-corrected chi connectivity index (χ2v) is 3.43. The van der Waals surface area contributed by atoms with Crippen LogP contribution in [0.15, 0.2) is 6.07 Å². The Balaban J connectivity index is 2.32. The molecule has 1 rings (SSSR count). The largest absolute Gasteiger partial charge is 0.475 e. The van der Waals surface area contributed by atoms with Gasteiger partial charge in [0, 0.05) is 19.7 Å². The van der Waals surface area contributed by atoms with Crippen molar-refractivity contribution >= 4 is 11.8 Å². The molecule has 0 unspecified atom stereocenters. The van der Waals surface area contributed by atoms with Crippen LogP contribution in [0, 0.1) is 0 Å². The molecule has 0 aliphatic carbocycles. The Kier molecular flexibility index (Phi) is 6.82. The zero-order valence-electron chi connectivity index (χ0n) is 10.8. The summed E-state index contributed by atoms with van der Waals surface area (Å²) < 4.78 is 15.5. The fourth-order valence-electron chi connectivity index (χ4n) is 1.24. The lowest BCUT2D eigenvalue weighted by Gasteiger charge is -2.08. The molecule has 0 aromatic carbocycles. The van der Waals surface area contributed by atoms with Crippen LogP contribution >= 0.6 is 0 Å². The molecule has 1 aromatic rings. The van der Waals surface area contributed by atoms with E-state index in [2.05, 4.69) is 15.3 Å². The Morgan fingerprint density at radius 2 is 2.00 bits per heavy atom. The highest BCUT2D eigenvalue weighted by atomic mass is 16.5. The van der Waals surface area contributed by atoms with E-state index in [-0.39, 0.29) is 5.95 Å². The fourth-order valence-corrected chi connectivity index (χ4v) is 1.24. The van der Waals surface area contributed by atoms with Gasteiger partial charge in [-0.25, -0.2) is 0 Å². The van der Waals surface area contributed by atoms with Gasteiger partial charge < -0.3 is 25.3 Å². The van der Waals surface area contributed by atoms with Gasteiger partial charge in [0.2, 0.25) is 11.8 Å². The van der Waals surface area contributed by atoms with Crippen molar-refractivity contribution in [2.75, 3.05) is 51.1 Å². The van der Waals surface area contributed by atoms with Gasteiger partial charge in [0.1, 0.15) is 12.4 Å². The smallest absolute Gasteiger partial charge is 0.225 e. The molecule has 0 radical (unpaired) electrons. The maximum atomic E-state index is 5.57. The van der Waals surface area contributed by atoms with Crippen LogP contribution in [0.5, 0.6) is 5.88 Å². The Bertz CT molecular complexity index is 349. The van der Waals surface area contributed by atoms with E-state index in [0.717, 1.165) is 6.54 Å². The van der Waals surface area contributed by atoms with Crippen LogP contribution in [-0.2, 0) is 9.47 Å². The van der Waals surface area contributed by atoms with Crippen LogP contribution in [0.1, 0.15) is 6.92 Å². The van der Waals surface area contributed by atoms with Gasteiger partial charge in [-0.15, -0.1) is 0 Å². The van der Waals surface area contributed by atoms with Crippen molar-refractivity contribution < 1.29 is 14.2 Å². The number of nitrogen functional groups attached to an aromatic ring is 1. The second kappa shape index (κ2) is 8.48. The van der Waals surface area contributed by atoms with E-state index in [1.165, 1.54) is 0 Å². The fraction of sp³-hybridized carbons (Fsp3) is 0.636. The number of nitrogens with two attached hydrogens (primary N) is 1. The first-order valence-corrected chi connectivity index (χ1v) is 5.84. The Hall–Kier alpha value is -1.60. The number of anilines is 2. The third-order valence-electron chi connectivity index (χ3n) is 1.99. The minimum Gasteiger partial charge on any atom is -0.475 e. The molecule has 0 spiro atoms. The number of hydrogen-bond acceptors (Lipinski definition) is 7. The van der Waals surface area contributed by atoms with E-state index in [1.54, 1.807) is 13.2 Å². The topological polar surface area (TPSA) is 91.5 Å². The van der Waals surface area contributed by atoms with E-state index < -0.39 is 0 Å². The molecule has 18 heavy (non-hydrogen) atoms. The molecule has 3 N–H and O–H groups in total. The predicted octanol–water partition coefficient (Wildman–Crippen LogP) is 0.532. The third kappa shape index (κ3) is 5.65. The lowest BCUT2D eigenvalue weighted by molar-refractivity contribution is 0.0537. The minimum absolute atomic E-state index is 0.184. The molecule has 7 nitrogen and oxygen atoms in total. The summed E-state index contributed by atoms with van der Waals surface area (Å²) in [6.07, 6.45) is 0. The highest BCUT2D eigenvalue weighted by Gasteiger charge is 2.02. The first-order chi connectivity index (χ1) is 8.76. The highest BCUT2D eigenvalue weighted by molar-refractivity contribution is 5.42. The number of hydrogen-bond donors (Lipinski definition) is 2. The monoisotopic (exact) mass is 256 g/mol. The molecule has 0 amide bonds. The van der Waals surface area contributed by atoms with E-state index in [9.17, 15) is 0 Å².